The predicted octanol–water partition coefficient (Wildman–Crippen LogP) is 0.871. The molecular formula is C11H24N2O2. The summed E-state index contributed by atoms with van der Waals surface area (Å²) in [6.07, 6.45) is 1.05. The Morgan fingerprint density at radius 3 is 2.60 bits per heavy atom. The predicted molar refractivity (Wildman–Crippen MR) is 61.9 cm³/mol. The number of carbonyl (C=O) groups excluding carboxylic acids is 1. The second-order valence-electron chi connectivity index (χ2n) is 3.35. The number of ether oxygens (including phenoxy) is 1. The first-order valence-corrected chi connectivity index (χ1v) is 5.82. The van der Waals surface area contributed by atoms with E-state index < -0.39 is 0 Å². The average molecular weight is 216 g/mol. The quantitative estimate of drug-likeness (QED) is 0.582. The molecule has 0 rings (SSSR count). The van der Waals surface area contributed by atoms with Gasteiger partial charge in [-0.2, -0.15) is 0 Å². The second kappa shape index (κ2) is 9.93. The van der Waals surface area contributed by atoms with Gasteiger partial charge in [0.2, 0.25) is 5.91 Å². The summed E-state index contributed by atoms with van der Waals surface area (Å²) in [6.45, 7) is 10.2. The van der Waals surface area contributed by atoms with Crippen LogP contribution in [0.3, 0.4) is 0 Å². The van der Waals surface area contributed by atoms with Crippen molar-refractivity contribution in [3.8, 4) is 0 Å². The van der Waals surface area contributed by atoms with Crippen LogP contribution in [0.15, 0.2) is 0 Å². The van der Waals surface area contributed by atoms with Gasteiger partial charge in [-0.25, -0.2) is 0 Å². The lowest BCUT2D eigenvalue weighted by atomic mass is 10.4. The number of nitrogens with zero attached hydrogens (tertiary/aromatic N) is 1. The Hall–Kier alpha value is -0.610. The minimum absolute atomic E-state index is 0.158. The van der Waals surface area contributed by atoms with Gasteiger partial charge in [-0.15, -0.1) is 0 Å². The fraction of sp³-hybridized carbons (Fsp3) is 0.909. The van der Waals surface area contributed by atoms with Gasteiger partial charge in [0.25, 0.3) is 0 Å². The monoisotopic (exact) mass is 216 g/mol. The van der Waals surface area contributed by atoms with Crippen molar-refractivity contribution in [3.63, 3.8) is 0 Å². The minimum Gasteiger partial charge on any atom is -0.380 e. The molecule has 0 heterocycles. The van der Waals surface area contributed by atoms with Crippen LogP contribution in [0, 0.1) is 0 Å². The topological polar surface area (TPSA) is 41.6 Å². The fourth-order valence-corrected chi connectivity index (χ4v) is 1.26. The van der Waals surface area contributed by atoms with E-state index in [1.807, 2.05) is 18.7 Å². The van der Waals surface area contributed by atoms with Gasteiger partial charge in [0.15, 0.2) is 0 Å². The number of hydrogen-bond donors (Lipinski definition) is 1. The number of likely N-dealkylation sites (N-methyl/N-ethyl adjacent to an activating group) is 1. The van der Waals surface area contributed by atoms with Crippen LogP contribution in [-0.4, -0.2) is 50.2 Å². The summed E-state index contributed by atoms with van der Waals surface area (Å²) < 4.78 is 5.23. The Morgan fingerprint density at radius 1 is 1.33 bits per heavy atom. The number of hydrogen-bond acceptors (Lipinski definition) is 3. The molecular weight excluding hydrogens is 192 g/mol. The third-order valence-corrected chi connectivity index (χ3v) is 2.15. The van der Waals surface area contributed by atoms with Gasteiger partial charge in [0.05, 0.1) is 13.2 Å². The maximum atomic E-state index is 11.7. The van der Waals surface area contributed by atoms with Crippen LogP contribution in [0.1, 0.15) is 27.2 Å². The normalized spacial score (nSPS) is 10.3. The van der Waals surface area contributed by atoms with E-state index in [0.29, 0.717) is 26.3 Å². The molecule has 0 radical (unpaired) electrons. The zero-order chi connectivity index (χ0) is 11.5. The summed E-state index contributed by atoms with van der Waals surface area (Å²) in [5.41, 5.74) is 0. The first-order chi connectivity index (χ1) is 7.26. The van der Waals surface area contributed by atoms with Gasteiger partial charge in [0.1, 0.15) is 0 Å². The lowest BCUT2D eigenvalue weighted by Gasteiger charge is -2.20. The molecule has 0 unspecified atom stereocenters. The highest BCUT2D eigenvalue weighted by Crippen LogP contribution is 1.89. The summed E-state index contributed by atoms with van der Waals surface area (Å²) in [7, 11) is 0. The molecule has 0 aliphatic heterocycles. The van der Waals surface area contributed by atoms with E-state index in [4.69, 9.17) is 4.74 Å². The van der Waals surface area contributed by atoms with Crippen LogP contribution in [0.25, 0.3) is 0 Å². The van der Waals surface area contributed by atoms with Gasteiger partial charge < -0.3 is 15.0 Å². The minimum atomic E-state index is 0.158. The van der Waals surface area contributed by atoms with Crippen molar-refractivity contribution < 1.29 is 9.53 Å². The molecule has 4 heteroatoms. The molecule has 0 fully saturated rings. The van der Waals surface area contributed by atoms with Crippen LogP contribution < -0.4 is 5.32 Å². The number of rotatable bonds is 9. The molecule has 0 spiro atoms. The fourth-order valence-electron chi connectivity index (χ4n) is 1.26. The lowest BCUT2D eigenvalue weighted by molar-refractivity contribution is -0.130. The molecule has 4 nitrogen and oxygen atoms in total. The highest BCUT2D eigenvalue weighted by Gasteiger charge is 2.09. The summed E-state index contributed by atoms with van der Waals surface area (Å²) in [4.78, 5) is 13.5. The van der Waals surface area contributed by atoms with Gasteiger partial charge in [-0.3, -0.25) is 4.79 Å². The first-order valence-electron chi connectivity index (χ1n) is 5.82. The van der Waals surface area contributed by atoms with Crippen LogP contribution in [-0.2, 0) is 9.53 Å². The Balaban J connectivity index is 3.67. The number of amides is 1. The van der Waals surface area contributed by atoms with Crippen molar-refractivity contribution in [3.05, 3.63) is 0 Å². The Kier molecular flexibility index (Phi) is 9.52. The third-order valence-electron chi connectivity index (χ3n) is 2.15. The maximum absolute atomic E-state index is 11.7. The van der Waals surface area contributed by atoms with Gasteiger partial charge in [0, 0.05) is 19.7 Å². The van der Waals surface area contributed by atoms with Gasteiger partial charge in [-0.05, 0) is 26.8 Å². The SMILES string of the molecule is CCCNCC(=O)N(CC)CCOCC. The van der Waals surface area contributed by atoms with E-state index >= 15 is 0 Å². The van der Waals surface area contributed by atoms with Crippen molar-refractivity contribution in [2.75, 3.05) is 39.4 Å². The largest absolute Gasteiger partial charge is 0.380 e. The van der Waals surface area contributed by atoms with Crippen LogP contribution in [0.4, 0.5) is 0 Å². The summed E-state index contributed by atoms with van der Waals surface area (Å²) in [5.74, 6) is 0.158. The molecule has 0 aliphatic carbocycles. The smallest absolute Gasteiger partial charge is 0.236 e. The summed E-state index contributed by atoms with van der Waals surface area (Å²) in [6, 6.07) is 0. The van der Waals surface area contributed by atoms with E-state index in [0.717, 1.165) is 19.5 Å². The van der Waals surface area contributed by atoms with E-state index in [1.165, 1.54) is 0 Å². The lowest BCUT2D eigenvalue weighted by Crippen LogP contribution is -2.40. The molecule has 15 heavy (non-hydrogen) atoms. The zero-order valence-electron chi connectivity index (χ0n) is 10.2. The van der Waals surface area contributed by atoms with Crippen LogP contribution >= 0.6 is 0 Å². The molecule has 1 N–H and O–H groups in total. The highest BCUT2D eigenvalue weighted by molar-refractivity contribution is 5.78. The standard InChI is InChI=1S/C11H24N2O2/c1-4-7-12-10-11(14)13(5-2)8-9-15-6-3/h12H,4-10H2,1-3H3. The van der Waals surface area contributed by atoms with E-state index in [2.05, 4.69) is 12.2 Å². The van der Waals surface area contributed by atoms with E-state index in [9.17, 15) is 4.79 Å². The molecule has 0 bridgehead atoms. The average Bonchev–Trinajstić information content (AvgIpc) is 2.24. The van der Waals surface area contributed by atoms with Crippen LogP contribution in [0.5, 0.6) is 0 Å². The van der Waals surface area contributed by atoms with Gasteiger partial charge >= 0.3 is 0 Å². The van der Waals surface area contributed by atoms with Crippen molar-refractivity contribution in [2.24, 2.45) is 0 Å². The molecule has 1 amide bonds. The van der Waals surface area contributed by atoms with Crippen molar-refractivity contribution in [1.82, 2.24) is 10.2 Å². The number of nitrogens with one attached hydrogen (secondary N) is 1. The molecule has 0 aromatic carbocycles. The molecule has 0 aliphatic rings. The number of carbonyl (C=O) groups is 1. The molecule has 0 saturated carbocycles. The molecule has 0 aromatic heterocycles. The zero-order valence-corrected chi connectivity index (χ0v) is 10.2. The van der Waals surface area contributed by atoms with Crippen molar-refractivity contribution in [1.29, 1.82) is 0 Å². The maximum Gasteiger partial charge on any atom is 0.236 e. The highest BCUT2D eigenvalue weighted by atomic mass is 16.5. The van der Waals surface area contributed by atoms with E-state index in [-0.39, 0.29) is 5.91 Å². The Morgan fingerprint density at radius 2 is 2.07 bits per heavy atom. The molecule has 0 atom stereocenters. The molecule has 90 valence electrons. The van der Waals surface area contributed by atoms with Crippen molar-refractivity contribution >= 4 is 5.91 Å². The van der Waals surface area contributed by atoms with Crippen molar-refractivity contribution in [2.45, 2.75) is 27.2 Å². The summed E-state index contributed by atoms with van der Waals surface area (Å²) >= 11 is 0. The van der Waals surface area contributed by atoms with E-state index in [1.54, 1.807) is 0 Å². The molecule has 0 aromatic rings. The Labute approximate surface area is 93.0 Å². The first kappa shape index (κ1) is 14.4. The molecule has 0 saturated heterocycles. The van der Waals surface area contributed by atoms with Gasteiger partial charge in [-0.1, -0.05) is 6.92 Å². The Bertz CT molecular complexity index is 163. The van der Waals surface area contributed by atoms with Crippen LogP contribution in [0.2, 0.25) is 0 Å². The second-order valence-corrected chi connectivity index (χ2v) is 3.35. The third kappa shape index (κ3) is 7.33. The summed E-state index contributed by atoms with van der Waals surface area (Å²) in [5, 5.41) is 3.11.